The van der Waals surface area contributed by atoms with Crippen molar-refractivity contribution >= 4 is 12.2 Å². The lowest BCUT2D eigenvalue weighted by atomic mass is 10.2. The topological polar surface area (TPSA) is 76.8 Å². The lowest BCUT2D eigenvalue weighted by Crippen LogP contribution is -2.21. The smallest absolute Gasteiger partial charge is 0.211 e. The molecule has 0 heterocycles. The molecule has 1 rings (SSSR count). The minimum Gasteiger partial charge on any atom is -0.369 e. The molecule has 0 aromatic heterocycles. The Kier molecular flexibility index (Phi) is 2.97. The van der Waals surface area contributed by atoms with Gasteiger partial charge in [0.25, 0.3) is 0 Å². The lowest BCUT2D eigenvalue weighted by molar-refractivity contribution is 0.627. The maximum Gasteiger partial charge on any atom is 0.211 e. The van der Waals surface area contributed by atoms with Gasteiger partial charge in [-0.1, -0.05) is 12.1 Å². The largest absolute Gasteiger partial charge is 0.369 e. The highest BCUT2D eigenvalue weighted by molar-refractivity contribution is 5.81. The van der Waals surface area contributed by atoms with E-state index in [1.165, 1.54) is 18.3 Å². The molecule has 0 amide bonds. The summed E-state index contributed by atoms with van der Waals surface area (Å²) in [5.74, 6) is -0.457. The summed E-state index contributed by atoms with van der Waals surface area (Å²) in [6.45, 7) is 0. The maximum absolute atomic E-state index is 12.6. The molecule has 0 fully saturated rings. The van der Waals surface area contributed by atoms with Crippen LogP contribution in [-0.4, -0.2) is 12.2 Å². The summed E-state index contributed by atoms with van der Waals surface area (Å²) in [6, 6.07) is 5.94. The second kappa shape index (κ2) is 4.20. The molecule has 68 valence electrons. The summed E-state index contributed by atoms with van der Waals surface area (Å²) in [4.78, 5) is 0. The van der Waals surface area contributed by atoms with Gasteiger partial charge in [-0.3, -0.25) is 0 Å². The normalized spacial score (nSPS) is 10.2. The Morgan fingerprint density at radius 2 is 2.15 bits per heavy atom. The van der Waals surface area contributed by atoms with Gasteiger partial charge < -0.3 is 11.5 Å². The Balaban J connectivity index is 2.75. The molecule has 0 bridgehead atoms. The van der Waals surface area contributed by atoms with Crippen molar-refractivity contribution in [1.82, 2.24) is 0 Å². The molecule has 5 heteroatoms. The molecule has 0 aliphatic rings. The zero-order valence-electron chi connectivity index (χ0n) is 6.81. The highest BCUT2D eigenvalue weighted by atomic mass is 19.1. The van der Waals surface area contributed by atoms with Crippen LogP contribution in [0.1, 0.15) is 5.56 Å². The van der Waals surface area contributed by atoms with E-state index in [-0.39, 0.29) is 11.8 Å². The van der Waals surface area contributed by atoms with Crippen LogP contribution in [0.25, 0.3) is 0 Å². The van der Waals surface area contributed by atoms with Crippen LogP contribution >= 0.6 is 0 Å². The molecule has 1 aromatic rings. The first-order chi connectivity index (χ1) is 6.18. The molecule has 4 nitrogen and oxygen atoms in total. The number of hydrogen-bond acceptors (Lipinski definition) is 2. The fraction of sp³-hybridized carbons (Fsp3) is 0. The van der Waals surface area contributed by atoms with E-state index < -0.39 is 0 Å². The monoisotopic (exact) mass is 180 g/mol. The van der Waals surface area contributed by atoms with Crippen LogP contribution in [0.2, 0.25) is 0 Å². The molecule has 4 N–H and O–H groups in total. The predicted octanol–water partition coefficient (Wildman–Crippen LogP) is 0.433. The van der Waals surface area contributed by atoms with Gasteiger partial charge >= 0.3 is 0 Å². The van der Waals surface area contributed by atoms with Crippen LogP contribution in [-0.2, 0) is 0 Å². The Morgan fingerprint density at radius 3 is 2.77 bits per heavy atom. The maximum atomic E-state index is 12.6. The molecule has 0 radical (unpaired) electrons. The van der Waals surface area contributed by atoms with Gasteiger partial charge in [0.1, 0.15) is 5.82 Å². The van der Waals surface area contributed by atoms with Crippen molar-refractivity contribution in [2.24, 2.45) is 21.7 Å². The van der Waals surface area contributed by atoms with E-state index in [1.54, 1.807) is 12.1 Å². The van der Waals surface area contributed by atoms with Crippen LogP contribution in [0, 0.1) is 5.82 Å². The quantitative estimate of drug-likeness (QED) is 0.393. The average Bonchev–Trinajstić information content (AvgIpc) is 2.03. The molecule has 0 atom stereocenters. The van der Waals surface area contributed by atoms with Crippen LogP contribution in [0.15, 0.2) is 34.5 Å². The summed E-state index contributed by atoms with van der Waals surface area (Å²) in [5.41, 5.74) is 10.7. The molecule has 0 aliphatic carbocycles. The van der Waals surface area contributed by atoms with Crippen molar-refractivity contribution in [1.29, 1.82) is 0 Å². The number of nitrogens with two attached hydrogens (primary N) is 2. The zero-order valence-corrected chi connectivity index (χ0v) is 6.81. The minimum absolute atomic E-state index is 0.132. The molecule has 1 aromatic carbocycles. The molecule has 0 saturated heterocycles. The third kappa shape index (κ3) is 3.33. The fourth-order valence-corrected chi connectivity index (χ4v) is 0.749. The fourth-order valence-electron chi connectivity index (χ4n) is 0.749. The van der Waals surface area contributed by atoms with Gasteiger partial charge in [0.05, 0.1) is 6.21 Å². The summed E-state index contributed by atoms with van der Waals surface area (Å²) < 4.78 is 12.6. The first-order valence-corrected chi connectivity index (χ1v) is 3.56. The molecule has 0 saturated carbocycles. The van der Waals surface area contributed by atoms with Crippen molar-refractivity contribution in [2.75, 3.05) is 0 Å². The van der Waals surface area contributed by atoms with Crippen LogP contribution in [0.4, 0.5) is 4.39 Å². The number of guanidine groups is 1. The second-order valence-electron chi connectivity index (χ2n) is 2.32. The van der Waals surface area contributed by atoms with Gasteiger partial charge in [-0.15, -0.1) is 5.10 Å². The van der Waals surface area contributed by atoms with E-state index in [0.717, 1.165) is 0 Å². The molecule has 0 aliphatic heterocycles. The van der Waals surface area contributed by atoms with Crippen LogP contribution in [0.5, 0.6) is 0 Å². The molecular formula is C8H9FN4. The highest BCUT2D eigenvalue weighted by Gasteiger charge is 1.89. The third-order valence-electron chi connectivity index (χ3n) is 1.23. The minimum atomic E-state index is -0.325. The van der Waals surface area contributed by atoms with E-state index in [4.69, 9.17) is 11.5 Å². The number of nitrogens with zero attached hydrogens (tertiary/aromatic N) is 2. The van der Waals surface area contributed by atoms with Crippen molar-refractivity contribution in [3.8, 4) is 0 Å². The zero-order chi connectivity index (χ0) is 9.68. The Morgan fingerprint density at radius 1 is 1.38 bits per heavy atom. The molecular weight excluding hydrogens is 171 g/mol. The number of halogens is 1. The Bertz CT molecular complexity index is 342. The van der Waals surface area contributed by atoms with E-state index in [0.29, 0.717) is 5.56 Å². The second-order valence-corrected chi connectivity index (χ2v) is 2.32. The average molecular weight is 180 g/mol. The standard InChI is InChI=1S/C8H9FN4/c9-7-3-1-2-6(4-7)5-12-13-8(10)11/h1-5H,(H4,10,11,13). The summed E-state index contributed by atoms with van der Waals surface area (Å²) in [6.07, 6.45) is 1.36. The Labute approximate surface area is 74.8 Å². The van der Waals surface area contributed by atoms with Crippen molar-refractivity contribution < 1.29 is 4.39 Å². The van der Waals surface area contributed by atoms with Gasteiger partial charge in [0.2, 0.25) is 5.96 Å². The van der Waals surface area contributed by atoms with E-state index in [2.05, 4.69) is 10.2 Å². The molecule has 0 spiro atoms. The van der Waals surface area contributed by atoms with E-state index in [9.17, 15) is 4.39 Å². The first kappa shape index (κ1) is 9.18. The predicted molar refractivity (Wildman–Crippen MR) is 49.8 cm³/mol. The first-order valence-electron chi connectivity index (χ1n) is 3.56. The van der Waals surface area contributed by atoms with Crippen molar-refractivity contribution in [3.05, 3.63) is 35.6 Å². The summed E-state index contributed by atoms with van der Waals surface area (Å²) >= 11 is 0. The number of benzene rings is 1. The van der Waals surface area contributed by atoms with Gasteiger partial charge in [0.15, 0.2) is 0 Å². The van der Waals surface area contributed by atoms with Gasteiger partial charge in [0, 0.05) is 0 Å². The lowest BCUT2D eigenvalue weighted by Gasteiger charge is -1.90. The van der Waals surface area contributed by atoms with E-state index in [1.807, 2.05) is 0 Å². The highest BCUT2D eigenvalue weighted by Crippen LogP contribution is 2.00. The molecule has 13 heavy (non-hydrogen) atoms. The summed E-state index contributed by atoms with van der Waals surface area (Å²) in [5, 5.41) is 6.90. The summed E-state index contributed by atoms with van der Waals surface area (Å²) in [7, 11) is 0. The SMILES string of the molecule is NC(N)=NN=Cc1cccc(F)c1. The number of rotatable bonds is 2. The molecule has 0 unspecified atom stereocenters. The van der Waals surface area contributed by atoms with Gasteiger partial charge in [-0.2, -0.15) is 5.10 Å². The van der Waals surface area contributed by atoms with Gasteiger partial charge in [-0.05, 0) is 17.7 Å². The van der Waals surface area contributed by atoms with Crippen molar-refractivity contribution in [3.63, 3.8) is 0 Å². The van der Waals surface area contributed by atoms with Crippen LogP contribution in [0.3, 0.4) is 0 Å². The Hall–Kier alpha value is -1.91. The van der Waals surface area contributed by atoms with Crippen molar-refractivity contribution in [2.45, 2.75) is 0 Å². The number of hydrogen-bond donors (Lipinski definition) is 2. The van der Waals surface area contributed by atoms with Crippen LogP contribution < -0.4 is 11.5 Å². The van der Waals surface area contributed by atoms with E-state index >= 15 is 0 Å². The van der Waals surface area contributed by atoms with Gasteiger partial charge in [-0.25, -0.2) is 4.39 Å². The third-order valence-corrected chi connectivity index (χ3v) is 1.23.